The summed E-state index contributed by atoms with van der Waals surface area (Å²) in [5, 5.41) is 34.9. The number of tetrazole rings is 1. The van der Waals surface area contributed by atoms with Gasteiger partial charge in [-0.15, -0.1) is 10.2 Å². The normalized spacial score (nSPS) is 22.8. The van der Waals surface area contributed by atoms with Crippen molar-refractivity contribution in [3.8, 4) is 6.07 Å². The molecule has 46 heavy (non-hydrogen) atoms. The molecule has 7 rings (SSSR count). The Bertz CT molecular complexity index is 1660. The van der Waals surface area contributed by atoms with E-state index in [-0.39, 0.29) is 36.3 Å². The molecule has 4 aliphatic rings. The van der Waals surface area contributed by atoms with Crippen LogP contribution in [0.15, 0.2) is 36.4 Å². The first-order valence-corrected chi connectivity index (χ1v) is 16.4. The van der Waals surface area contributed by atoms with Crippen LogP contribution in [-0.4, -0.2) is 80.5 Å². The number of aromatic nitrogens is 4. The average molecular weight is 622 g/mol. The number of nitriles is 1. The van der Waals surface area contributed by atoms with Crippen LogP contribution in [0.2, 0.25) is 0 Å². The molecule has 1 aliphatic heterocycles. The largest absolute Gasteiger partial charge is 0.352 e. The zero-order valence-electron chi connectivity index (χ0n) is 26.2. The number of piperidine rings is 1. The van der Waals surface area contributed by atoms with Crippen molar-refractivity contribution >= 4 is 17.7 Å². The van der Waals surface area contributed by atoms with Gasteiger partial charge in [-0.2, -0.15) is 10.5 Å². The second-order valence-electron chi connectivity index (χ2n) is 13.2. The molecule has 4 N–H and O–H groups in total. The molecule has 238 valence electrons. The molecule has 3 amide bonds. The van der Waals surface area contributed by atoms with Crippen LogP contribution in [0.25, 0.3) is 0 Å². The summed E-state index contributed by atoms with van der Waals surface area (Å²) in [5.41, 5.74) is 3.86. The maximum Gasteiger partial charge on any atom is 0.251 e. The molecule has 1 saturated heterocycles. The molecule has 3 atom stereocenters. The Balaban J connectivity index is 1.31. The Morgan fingerprint density at radius 2 is 1.61 bits per heavy atom. The summed E-state index contributed by atoms with van der Waals surface area (Å²) in [6.45, 7) is 4.99. The summed E-state index contributed by atoms with van der Waals surface area (Å²) in [5.74, 6) is 0.654. The van der Waals surface area contributed by atoms with Crippen molar-refractivity contribution in [2.24, 2.45) is 5.92 Å². The number of amides is 3. The Hall–Kier alpha value is -4.63. The van der Waals surface area contributed by atoms with Crippen molar-refractivity contribution in [3.63, 3.8) is 0 Å². The molecule has 0 spiro atoms. The highest BCUT2D eigenvalue weighted by atomic mass is 16.2. The predicted molar refractivity (Wildman–Crippen MR) is 168 cm³/mol. The molecular weight excluding hydrogens is 582 g/mol. The molecule has 2 saturated carbocycles. The summed E-state index contributed by atoms with van der Waals surface area (Å²) in [6, 6.07) is 13.8. The molecule has 12 nitrogen and oxygen atoms in total. The van der Waals surface area contributed by atoms with Gasteiger partial charge in [0, 0.05) is 35.8 Å². The summed E-state index contributed by atoms with van der Waals surface area (Å²) >= 11 is 0. The number of benzene rings is 2. The van der Waals surface area contributed by atoms with Crippen molar-refractivity contribution < 1.29 is 14.4 Å². The molecule has 3 aliphatic carbocycles. The minimum absolute atomic E-state index is 0.0312. The van der Waals surface area contributed by atoms with Crippen molar-refractivity contribution in [1.82, 2.24) is 41.5 Å². The van der Waals surface area contributed by atoms with Gasteiger partial charge in [-0.1, -0.05) is 17.3 Å². The SMILES string of the molecule is CCNC(=O)c1ccc2c(c1)CCc1cc(C(=O)NCC)ccc1C2(CC1(NCC(=O)N2C(C#N)C[C@@H]3C[C@@H]32)CC1)c1nn[nH]n1. The van der Waals surface area contributed by atoms with Crippen molar-refractivity contribution in [3.05, 3.63) is 75.6 Å². The molecule has 1 aromatic heterocycles. The number of likely N-dealkylation sites (tertiary alicyclic amines) is 1. The van der Waals surface area contributed by atoms with E-state index in [0.29, 0.717) is 55.2 Å². The lowest BCUT2D eigenvalue weighted by Crippen LogP contribution is -2.48. The Morgan fingerprint density at radius 3 is 2.13 bits per heavy atom. The van der Waals surface area contributed by atoms with E-state index in [2.05, 4.69) is 42.6 Å². The number of aryl methyl sites for hydroxylation is 2. The predicted octanol–water partition coefficient (Wildman–Crippen LogP) is 2.16. The number of hydrogen-bond donors (Lipinski definition) is 4. The first kappa shape index (κ1) is 30.0. The highest BCUT2D eigenvalue weighted by Gasteiger charge is 2.57. The van der Waals surface area contributed by atoms with E-state index >= 15 is 0 Å². The van der Waals surface area contributed by atoms with Gasteiger partial charge in [0.2, 0.25) is 5.91 Å². The lowest BCUT2D eigenvalue weighted by atomic mass is 9.67. The number of carbonyl (C=O) groups excluding carboxylic acids is 3. The number of nitrogens with zero attached hydrogens (tertiary/aromatic N) is 5. The van der Waals surface area contributed by atoms with Crippen LogP contribution in [0.1, 0.15) is 94.7 Å². The van der Waals surface area contributed by atoms with E-state index in [9.17, 15) is 19.6 Å². The molecule has 0 bridgehead atoms. The van der Waals surface area contributed by atoms with Gasteiger partial charge in [-0.3, -0.25) is 14.4 Å². The lowest BCUT2D eigenvalue weighted by molar-refractivity contribution is -0.131. The van der Waals surface area contributed by atoms with E-state index in [1.807, 2.05) is 50.2 Å². The Kier molecular flexibility index (Phi) is 7.59. The standard InChI is InChI=1S/C34H39N9O3/c1-3-36-30(45)22-7-9-26-20(13-22)5-6-21-14-23(31(46)37-4-2)8-10-27(21)34(26,32-39-41-42-40-32)19-33(11-12-33)38-18-29(44)43-25(17-35)15-24-16-28(24)43/h7-10,13-14,24-25,28,38H,3-6,11-12,15-16,18-19H2,1-2H3,(H,36,45)(H,37,46)(H,39,40,41,42)/t24-,25?,28+/m1/s1. The van der Waals surface area contributed by atoms with Crippen LogP contribution >= 0.6 is 0 Å². The van der Waals surface area contributed by atoms with Gasteiger partial charge in [-0.25, -0.2) is 0 Å². The highest BCUT2D eigenvalue weighted by Crippen LogP contribution is 2.54. The molecule has 0 radical (unpaired) electrons. The number of H-pyrrole nitrogens is 1. The van der Waals surface area contributed by atoms with E-state index in [0.717, 1.165) is 47.9 Å². The third kappa shape index (κ3) is 5.12. The van der Waals surface area contributed by atoms with E-state index in [1.54, 1.807) is 4.90 Å². The zero-order chi connectivity index (χ0) is 32.1. The third-order valence-corrected chi connectivity index (χ3v) is 10.3. The number of nitrogens with one attached hydrogen (secondary N) is 4. The average Bonchev–Trinajstić information content (AvgIpc) is 3.91. The first-order valence-electron chi connectivity index (χ1n) is 16.4. The van der Waals surface area contributed by atoms with Crippen LogP contribution in [0.4, 0.5) is 0 Å². The van der Waals surface area contributed by atoms with Crippen LogP contribution in [-0.2, 0) is 23.1 Å². The molecular formula is C34H39N9O3. The molecule has 3 fully saturated rings. The van der Waals surface area contributed by atoms with Gasteiger partial charge in [0.05, 0.1) is 18.0 Å². The highest BCUT2D eigenvalue weighted by molar-refractivity contribution is 5.95. The summed E-state index contributed by atoms with van der Waals surface area (Å²) in [4.78, 5) is 41.1. The molecule has 2 aromatic carbocycles. The number of fused-ring (bicyclic) bond motifs is 3. The fraction of sp³-hybridized carbons (Fsp3) is 0.500. The van der Waals surface area contributed by atoms with Crippen molar-refractivity contribution in [1.29, 1.82) is 5.26 Å². The minimum atomic E-state index is -0.884. The van der Waals surface area contributed by atoms with E-state index in [4.69, 9.17) is 0 Å². The van der Waals surface area contributed by atoms with Gasteiger partial charge in [0.15, 0.2) is 5.82 Å². The van der Waals surface area contributed by atoms with E-state index < -0.39 is 11.0 Å². The third-order valence-electron chi connectivity index (χ3n) is 10.3. The first-order chi connectivity index (χ1) is 22.3. The van der Waals surface area contributed by atoms with Gasteiger partial charge in [-0.05, 0) is 111 Å². The molecule has 12 heteroatoms. The quantitative estimate of drug-likeness (QED) is 0.267. The summed E-state index contributed by atoms with van der Waals surface area (Å²) < 4.78 is 0. The molecule has 3 aromatic rings. The van der Waals surface area contributed by atoms with Gasteiger partial charge in [0.25, 0.3) is 11.8 Å². The number of rotatable bonds is 10. The lowest BCUT2D eigenvalue weighted by Gasteiger charge is -2.37. The second-order valence-corrected chi connectivity index (χ2v) is 13.2. The summed E-state index contributed by atoms with van der Waals surface area (Å²) in [7, 11) is 0. The number of carbonyl (C=O) groups is 3. The Labute approximate surface area is 267 Å². The monoisotopic (exact) mass is 621 g/mol. The van der Waals surface area contributed by atoms with Crippen LogP contribution in [0.5, 0.6) is 0 Å². The van der Waals surface area contributed by atoms with E-state index in [1.165, 1.54) is 0 Å². The van der Waals surface area contributed by atoms with Gasteiger partial charge < -0.3 is 20.9 Å². The Morgan fingerprint density at radius 1 is 0.978 bits per heavy atom. The van der Waals surface area contributed by atoms with Gasteiger partial charge in [0.1, 0.15) is 6.04 Å². The van der Waals surface area contributed by atoms with Crippen LogP contribution in [0.3, 0.4) is 0 Å². The minimum Gasteiger partial charge on any atom is -0.352 e. The van der Waals surface area contributed by atoms with Crippen molar-refractivity contribution in [2.45, 2.75) is 81.8 Å². The maximum absolute atomic E-state index is 13.5. The van der Waals surface area contributed by atoms with Crippen LogP contribution in [0, 0.1) is 17.2 Å². The summed E-state index contributed by atoms with van der Waals surface area (Å²) in [6.07, 6.45) is 5.31. The topological polar surface area (TPSA) is 169 Å². The maximum atomic E-state index is 13.5. The molecule has 2 heterocycles. The van der Waals surface area contributed by atoms with Crippen molar-refractivity contribution in [2.75, 3.05) is 19.6 Å². The number of aromatic amines is 1. The fourth-order valence-corrected chi connectivity index (χ4v) is 7.87. The van der Waals surface area contributed by atoms with Crippen LogP contribution < -0.4 is 16.0 Å². The fourth-order valence-electron chi connectivity index (χ4n) is 7.87. The smallest absolute Gasteiger partial charge is 0.251 e. The van der Waals surface area contributed by atoms with Gasteiger partial charge >= 0.3 is 0 Å². The zero-order valence-corrected chi connectivity index (χ0v) is 26.2. The molecule has 1 unspecified atom stereocenters. The number of hydrogen-bond acceptors (Lipinski definition) is 8. The second kappa shape index (κ2) is 11.6.